The van der Waals surface area contributed by atoms with Gasteiger partial charge in [-0.2, -0.15) is 18.3 Å². The first kappa shape index (κ1) is 19.7. The zero-order valence-electron chi connectivity index (χ0n) is 15.5. The van der Waals surface area contributed by atoms with Crippen molar-refractivity contribution >= 4 is 6.09 Å². The van der Waals surface area contributed by atoms with Crippen LogP contribution < -0.4 is 0 Å². The molecule has 2 aliphatic rings. The van der Waals surface area contributed by atoms with E-state index in [0.717, 1.165) is 18.5 Å². The van der Waals surface area contributed by atoms with E-state index in [1.54, 1.807) is 23.0 Å². The standard InChI is InChI=1S/C19H19F4N3O3/c1-28-10-16(19(21,22)23)29-18(27)25-8-13-14(9-25)17(13)15-6-7-26(24-15)12-4-2-11(20)3-5-12/h2-7,13-14,16-17H,8-10H2,1H3/t13-,14+,16-,17?/m1/s1. The van der Waals surface area contributed by atoms with Crippen LogP contribution in [-0.4, -0.2) is 59.9 Å². The zero-order valence-corrected chi connectivity index (χ0v) is 15.5. The molecule has 4 atom stereocenters. The van der Waals surface area contributed by atoms with Crippen LogP contribution in [0.2, 0.25) is 0 Å². The molecule has 1 amide bonds. The monoisotopic (exact) mass is 413 g/mol. The van der Waals surface area contributed by atoms with Gasteiger partial charge in [0.2, 0.25) is 6.10 Å². The molecule has 29 heavy (non-hydrogen) atoms. The summed E-state index contributed by atoms with van der Waals surface area (Å²) in [6.45, 7) is -0.0797. The smallest absolute Gasteiger partial charge is 0.427 e. The van der Waals surface area contributed by atoms with Gasteiger partial charge in [0.1, 0.15) is 5.82 Å². The van der Waals surface area contributed by atoms with Gasteiger partial charge < -0.3 is 14.4 Å². The van der Waals surface area contributed by atoms with Crippen LogP contribution in [0, 0.1) is 17.7 Å². The Labute approximate surface area is 164 Å². The van der Waals surface area contributed by atoms with Crippen molar-refractivity contribution in [2.75, 3.05) is 26.8 Å². The van der Waals surface area contributed by atoms with Crippen molar-refractivity contribution in [1.82, 2.24) is 14.7 Å². The first-order valence-electron chi connectivity index (χ1n) is 9.10. The molecule has 6 nitrogen and oxygen atoms in total. The normalized spacial score (nSPS) is 24.3. The van der Waals surface area contributed by atoms with E-state index in [4.69, 9.17) is 0 Å². The van der Waals surface area contributed by atoms with E-state index in [1.165, 1.54) is 17.0 Å². The molecule has 2 heterocycles. The van der Waals surface area contributed by atoms with Gasteiger partial charge >= 0.3 is 12.3 Å². The predicted molar refractivity (Wildman–Crippen MR) is 93.0 cm³/mol. The molecule has 2 fully saturated rings. The number of likely N-dealkylation sites (tertiary alicyclic amines) is 1. The summed E-state index contributed by atoms with van der Waals surface area (Å²) in [5, 5.41) is 4.52. The van der Waals surface area contributed by atoms with Crippen LogP contribution in [0.25, 0.3) is 5.69 Å². The summed E-state index contributed by atoms with van der Waals surface area (Å²) >= 11 is 0. The van der Waals surface area contributed by atoms with Gasteiger partial charge in [-0.1, -0.05) is 0 Å². The van der Waals surface area contributed by atoms with E-state index in [-0.39, 0.29) is 23.6 Å². The van der Waals surface area contributed by atoms with Crippen LogP contribution in [-0.2, 0) is 9.47 Å². The second kappa shape index (κ2) is 7.33. The van der Waals surface area contributed by atoms with E-state index in [0.29, 0.717) is 13.1 Å². The highest BCUT2D eigenvalue weighted by atomic mass is 19.4. The van der Waals surface area contributed by atoms with Gasteiger partial charge in [0.05, 0.1) is 18.0 Å². The second-order valence-electron chi connectivity index (χ2n) is 7.29. The molecule has 1 saturated heterocycles. The summed E-state index contributed by atoms with van der Waals surface area (Å²) in [6, 6.07) is 7.81. The molecule has 1 aliphatic carbocycles. The Morgan fingerprint density at radius 1 is 1.21 bits per heavy atom. The fourth-order valence-corrected chi connectivity index (χ4v) is 3.91. The maximum Gasteiger partial charge on any atom is 0.427 e. The third-order valence-electron chi connectivity index (χ3n) is 5.42. The number of rotatable bonds is 5. The molecule has 1 saturated carbocycles. The number of aromatic nitrogens is 2. The van der Waals surface area contributed by atoms with Gasteiger partial charge in [-0.25, -0.2) is 13.9 Å². The minimum atomic E-state index is -4.68. The minimum absolute atomic E-state index is 0.144. The molecule has 156 valence electrons. The molecular formula is C19H19F4N3O3. The highest BCUT2D eigenvalue weighted by Gasteiger charge is 2.59. The maximum atomic E-state index is 13.0. The number of halogens is 4. The van der Waals surface area contributed by atoms with E-state index in [9.17, 15) is 22.4 Å². The lowest BCUT2D eigenvalue weighted by atomic mass is 10.2. The van der Waals surface area contributed by atoms with Crippen molar-refractivity contribution < 1.29 is 31.8 Å². The molecule has 1 unspecified atom stereocenters. The summed E-state index contributed by atoms with van der Waals surface area (Å²) in [5.74, 6) is 0.109. The number of benzene rings is 1. The number of hydrogen-bond donors (Lipinski definition) is 0. The van der Waals surface area contributed by atoms with Crippen LogP contribution in [0.15, 0.2) is 36.5 Å². The van der Waals surface area contributed by atoms with Gasteiger partial charge in [0.25, 0.3) is 0 Å². The minimum Gasteiger partial charge on any atom is -0.434 e. The SMILES string of the molecule is COC[C@@H](OC(=O)N1C[C@@H]2C(c3ccn(-c4ccc(F)cc4)n3)[C@@H]2C1)C(F)(F)F. The summed E-state index contributed by atoms with van der Waals surface area (Å²) in [4.78, 5) is 13.4. The summed E-state index contributed by atoms with van der Waals surface area (Å²) in [5.41, 5.74) is 1.58. The van der Waals surface area contributed by atoms with Crippen LogP contribution in [0.1, 0.15) is 11.6 Å². The number of nitrogens with zero attached hydrogens (tertiary/aromatic N) is 3. The number of hydrogen-bond acceptors (Lipinski definition) is 4. The van der Waals surface area contributed by atoms with Crippen molar-refractivity contribution in [3.63, 3.8) is 0 Å². The number of piperidine rings is 1. The van der Waals surface area contributed by atoms with Crippen molar-refractivity contribution in [3.05, 3.63) is 48.0 Å². The van der Waals surface area contributed by atoms with Crippen molar-refractivity contribution in [3.8, 4) is 5.69 Å². The van der Waals surface area contributed by atoms with E-state index < -0.39 is 25.0 Å². The molecule has 0 N–H and O–H groups in total. The second-order valence-corrected chi connectivity index (χ2v) is 7.29. The van der Waals surface area contributed by atoms with Gasteiger partial charge in [-0.15, -0.1) is 0 Å². The van der Waals surface area contributed by atoms with Crippen molar-refractivity contribution in [1.29, 1.82) is 0 Å². The fraction of sp³-hybridized carbons (Fsp3) is 0.474. The lowest BCUT2D eigenvalue weighted by Crippen LogP contribution is -2.42. The number of fused-ring (bicyclic) bond motifs is 1. The number of carbonyl (C=O) groups is 1. The largest absolute Gasteiger partial charge is 0.434 e. The topological polar surface area (TPSA) is 56.6 Å². The Morgan fingerprint density at radius 2 is 1.86 bits per heavy atom. The lowest BCUT2D eigenvalue weighted by molar-refractivity contribution is -0.216. The summed E-state index contributed by atoms with van der Waals surface area (Å²) in [6.07, 6.45) is -6.16. The first-order chi connectivity index (χ1) is 13.8. The van der Waals surface area contributed by atoms with Crippen LogP contribution in [0.4, 0.5) is 22.4 Å². The highest BCUT2D eigenvalue weighted by Crippen LogP contribution is 2.57. The van der Waals surface area contributed by atoms with E-state index >= 15 is 0 Å². The van der Waals surface area contributed by atoms with Crippen LogP contribution in [0.5, 0.6) is 0 Å². The molecule has 0 radical (unpaired) electrons. The Hall–Kier alpha value is -2.62. The molecule has 1 aliphatic heterocycles. The molecular weight excluding hydrogens is 394 g/mol. The van der Waals surface area contributed by atoms with Gasteiger partial charge in [0, 0.05) is 32.3 Å². The zero-order chi connectivity index (χ0) is 20.8. The molecule has 1 aromatic carbocycles. The Kier molecular flexibility index (Phi) is 4.97. The highest BCUT2D eigenvalue weighted by molar-refractivity contribution is 5.69. The van der Waals surface area contributed by atoms with Gasteiger partial charge in [-0.3, -0.25) is 0 Å². The Bertz CT molecular complexity index is 872. The average molecular weight is 413 g/mol. The van der Waals surface area contributed by atoms with Crippen molar-refractivity contribution in [2.24, 2.45) is 11.8 Å². The summed E-state index contributed by atoms with van der Waals surface area (Å²) < 4.78 is 62.4. The molecule has 10 heteroatoms. The third-order valence-corrected chi connectivity index (χ3v) is 5.42. The van der Waals surface area contributed by atoms with Crippen LogP contribution >= 0.6 is 0 Å². The Balaban J connectivity index is 1.34. The Morgan fingerprint density at radius 3 is 2.45 bits per heavy atom. The fourth-order valence-electron chi connectivity index (χ4n) is 3.91. The first-order valence-corrected chi connectivity index (χ1v) is 9.10. The lowest BCUT2D eigenvalue weighted by Gasteiger charge is -2.24. The molecule has 0 bridgehead atoms. The number of carbonyl (C=O) groups excluding carboxylic acids is 1. The van der Waals surface area contributed by atoms with Crippen molar-refractivity contribution in [2.45, 2.75) is 18.2 Å². The van der Waals surface area contributed by atoms with E-state index in [2.05, 4.69) is 14.6 Å². The molecule has 1 aromatic heterocycles. The average Bonchev–Trinajstić information content (AvgIpc) is 3.04. The predicted octanol–water partition coefficient (Wildman–Crippen LogP) is 3.37. The number of amides is 1. The van der Waals surface area contributed by atoms with Gasteiger partial charge in [-0.05, 0) is 42.2 Å². The van der Waals surface area contributed by atoms with Gasteiger partial charge in [0.15, 0.2) is 0 Å². The molecule has 4 rings (SSSR count). The summed E-state index contributed by atoms with van der Waals surface area (Å²) in [7, 11) is 1.12. The quantitative estimate of drug-likeness (QED) is 0.706. The molecule has 0 spiro atoms. The van der Waals surface area contributed by atoms with Crippen LogP contribution in [0.3, 0.4) is 0 Å². The maximum absolute atomic E-state index is 13.0. The molecule has 2 aromatic rings. The third kappa shape index (κ3) is 3.93. The van der Waals surface area contributed by atoms with E-state index in [1.807, 2.05) is 6.07 Å². The number of alkyl halides is 3. The number of ether oxygens (including phenoxy) is 2. The number of methoxy groups -OCH3 is 1.